The Labute approximate surface area is 166 Å². The van der Waals surface area contributed by atoms with Gasteiger partial charge >= 0.3 is 17.9 Å². The van der Waals surface area contributed by atoms with Crippen molar-refractivity contribution in [2.24, 2.45) is 0 Å². The fourth-order valence-electron chi connectivity index (χ4n) is 0.580. The number of carbonyl (C=O) groups is 3. The molecule has 0 aliphatic heterocycles. The number of carbonyl (C=O) groups excluding carboxylic acids is 3. The van der Waals surface area contributed by atoms with E-state index in [-0.39, 0.29) is 42.3 Å². The van der Waals surface area contributed by atoms with Gasteiger partial charge in [0.1, 0.15) is 0 Å². The Hall–Kier alpha value is 0.278. The van der Waals surface area contributed by atoms with Crippen LogP contribution < -0.4 is 0 Å². The Morgan fingerprint density at radius 2 is 0.818 bits per heavy atom. The third-order valence-electron chi connectivity index (χ3n) is 1.63. The van der Waals surface area contributed by atoms with Crippen molar-refractivity contribution >= 4 is 80.2 Å². The second-order valence-electron chi connectivity index (χ2n) is 3.15. The number of ether oxygens (including phenoxy) is 3. The molecule has 0 aliphatic rings. The normalized spacial score (nSPS) is 7.91. The number of hydrogen-bond acceptors (Lipinski definition) is 9. The maximum absolute atomic E-state index is 10.1. The molecule has 6 nitrogen and oxygen atoms in total. The van der Waals surface area contributed by atoms with E-state index < -0.39 is 0 Å². The Balaban J connectivity index is -0.000000108. The first-order chi connectivity index (χ1) is 9.92. The van der Waals surface area contributed by atoms with Crippen molar-refractivity contribution in [3.05, 3.63) is 0 Å². The minimum atomic E-state index is -0.199. The van der Waals surface area contributed by atoms with Crippen LogP contribution in [0.25, 0.3) is 0 Å². The summed E-state index contributed by atoms with van der Waals surface area (Å²) in [7, 11) is 4.10. The zero-order valence-electron chi connectivity index (χ0n) is 13.0. The van der Waals surface area contributed by atoms with Gasteiger partial charge in [-0.25, -0.2) is 0 Å². The van der Waals surface area contributed by atoms with Crippen molar-refractivity contribution in [3.8, 4) is 0 Å². The quantitative estimate of drug-likeness (QED) is 0.228. The maximum atomic E-state index is 10.1. The first-order valence-electron chi connectivity index (χ1n) is 5.96. The van der Waals surface area contributed by atoms with E-state index in [9.17, 15) is 14.4 Å². The van der Waals surface area contributed by atoms with Crippen molar-refractivity contribution in [1.29, 1.82) is 0 Å². The summed E-state index contributed by atoms with van der Waals surface area (Å²) in [5.41, 5.74) is 0. The minimum Gasteiger partial charge on any atom is -0.469 e. The molecule has 0 saturated carbocycles. The van der Waals surface area contributed by atoms with Gasteiger partial charge in [-0.05, 0) is 0 Å². The van der Waals surface area contributed by atoms with Crippen LogP contribution in [0.15, 0.2) is 0 Å². The number of thiol groups is 3. The Morgan fingerprint density at radius 3 is 0.864 bits per heavy atom. The molecule has 10 heteroatoms. The summed E-state index contributed by atoms with van der Waals surface area (Å²) in [6.07, 6.45) is 1.21. The summed E-state index contributed by atoms with van der Waals surface area (Å²) in [5, 5.41) is 0. The van der Waals surface area contributed by atoms with Crippen LogP contribution in [-0.4, -0.2) is 80.9 Å². The Bertz CT molecular complexity index is 237. The standard InChI is InChI=1S/3C4H8O2S.Sb/c3*1-6-4(5)2-3-7;/h3*7H,2-3H2,1H3;. The topological polar surface area (TPSA) is 78.9 Å². The zero-order chi connectivity index (χ0) is 17.1. The van der Waals surface area contributed by atoms with Gasteiger partial charge in [0, 0.05) is 41.7 Å². The van der Waals surface area contributed by atoms with E-state index in [2.05, 4.69) is 52.1 Å². The summed E-state index contributed by atoms with van der Waals surface area (Å²) in [6.45, 7) is 0. The minimum absolute atomic E-state index is 0. The molecule has 131 valence electrons. The van der Waals surface area contributed by atoms with Crippen LogP contribution in [0.5, 0.6) is 0 Å². The van der Waals surface area contributed by atoms with Crippen LogP contribution in [0.3, 0.4) is 0 Å². The molecule has 0 fully saturated rings. The van der Waals surface area contributed by atoms with Gasteiger partial charge < -0.3 is 14.2 Å². The van der Waals surface area contributed by atoms with E-state index in [4.69, 9.17) is 0 Å². The molecule has 0 aromatic carbocycles. The van der Waals surface area contributed by atoms with E-state index in [0.29, 0.717) is 36.5 Å². The second kappa shape index (κ2) is 26.2. The molecular weight excluding hydrogens is 458 g/mol. The van der Waals surface area contributed by atoms with Gasteiger partial charge in [-0.2, -0.15) is 37.9 Å². The summed E-state index contributed by atoms with van der Waals surface area (Å²) >= 11 is 11.4. The molecule has 3 radical (unpaired) electrons. The average Bonchev–Trinajstić information content (AvgIpc) is 2.49. The van der Waals surface area contributed by atoms with Gasteiger partial charge in [0.25, 0.3) is 0 Å². The smallest absolute Gasteiger partial charge is 0.306 e. The molecule has 0 rings (SSSR count). The van der Waals surface area contributed by atoms with Crippen molar-refractivity contribution in [3.63, 3.8) is 0 Å². The average molecular weight is 482 g/mol. The van der Waals surface area contributed by atoms with E-state index >= 15 is 0 Å². The van der Waals surface area contributed by atoms with Gasteiger partial charge in [-0.1, -0.05) is 0 Å². The van der Waals surface area contributed by atoms with Crippen LogP contribution in [0.2, 0.25) is 0 Å². The van der Waals surface area contributed by atoms with E-state index in [1.54, 1.807) is 0 Å². The maximum Gasteiger partial charge on any atom is 0.306 e. The van der Waals surface area contributed by atoms with E-state index in [1.165, 1.54) is 21.3 Å². The largest absolute Gasteiger partial charge is 0.469 e. The molecule has 0 saturated heterocycles. The van der Waals surface area contributed by atoms with Crippen LogP contribution in [0.4, 0.5) is 0 Å². The van der Waals surface area contributed by atoms with Crippen LogP contribution in [0.1, 0.15) is 19.3 Å². The molecule has 0 heterocycles. The van der Waals surface area contributed by atoms with E-state index in [0.717, 1.165) is 0 Å². The summed E-state index contributed by atoms with van der Waals surface area (Å²) in [5.74, 6) is 1.09. The predicted octanol–water partition coefficient (Wildman–Crippen LogP) is 1.06. The van der Waals surface area contributed by atoms with Crippen molar-refractivity contribution in [2.75, 3.05) is 38.6 Å². The molecule has 0 aromatic rings. The summed E-state index contributed by atoms with van der Waals surface area (Å²) in [4.78, 5) is 30.4. The van der Waals surface area contributed by atoms with Gasteiger partial charge in [0.05, 0.1) is 40.6 Å². The first kappa shape index (κ1) is 30.2. The Kier molecular flexibility index (Phi) is 35.9. The molecule has 0 unspecified atom stereocenters. The second-order valence-corrected chi connectivity index (χ2v) is 4.49. The summed E-state index contributed by atoms with van der Waals surface area (Å²) in [6, 6.07) is 0. The fourth-order valence-corrected chi connectivity index (χ4v) is 1.13. The number of hydrogen-bond donors (Lipinski definition) is 3. The van der Waals surface area contributed by atoms with Gasteiger partial charge in [-0.3, -0.25) is 14.4 Å². The van der Waals surface area contributed by atoms with Gasteiger partial charge in [0.2, 0.25) is 0 Å². The fraction of sp³-hybridized carbons (Fsp3) is 0.750. The van der Waals surface area contributed by atoms with Crippen LogP contribution in [-0.2, 0) is 28.6 Å². The van der Waals surface area contributed by atoms with Crippen LogP contribution >= 0.6 is 37.9 Å². The Morgan fingerprint density at radius 1 is 0.636 bits per heavy atom. The molecule has 0 atom stereocenters. The third-order valence-corrected chi connectivity index (χ3v) is 2.30. The molecular formula is C12H24O6S3Sb. The molecule has 22 heavy (non-hydrogen) atoms. The SMILES string of the molecule is COC(=O)CCS.COC(=O)CCS.COC(=O)CCS.[Sb]. The van der Waals surface area contributed by atoms with Gasteiger partial charge in [0.15, 0.2) is 0 Å². The molecule has 0 bridgehead atoms. The monoisotopic (exact) mass is 481 g/mol. The molecule has 0 amide bonds. The van der Waals surface area contributed by atoms with E-state index in [1.807, 2.05) is 0 Å². The molecule has 0 aromatic heterocycles. The third kappa shape index (κ3) is 32.3. The van der Waals surface area contributed by atoms with Crippen molar-refractivity contribution in [2.45, 2.75) is 19.3 Å². The number of esters is 3. The van der Waals surface area contributed by atoms with Gasteiger partial charge in [-0.15, -0.1) is 0 Å². The molecule has 0 spiro atoms. The first-order valence-corrected chi connectivity index (χ1v) is 7.86. The van der Waals surface area contributed by atoms with Crippen molar-refractivity contribution < 1.29 is 28.6 Å². The number of methoxy groups -OCH3 is 3. The summed E-state index contributed by atoms with van der Waals surface area (Å²) < 4.78 is 12.9. The zero-order valence-corrected chi connectivity index (χ0v) is 18.2. The van der Waals surface area contributed by atoms with Crippen molar-refractivity contribution in [1.82, 2.24) is 0 Å². The van der Waals surface area contributed by atoms with Crippen LogP contribution in [0, 0.1) is 0 Å². The molecule has 0 aliphatic carbocycles. The predicted molar refractivity (Wildman–Crippen MR) is 97.2 cm³/mol. The number of rotatable bonds is 6. The molecule has 0 N–H and O–H groups in total.